The molecule has 2 N–H and O–H groups in total. The second-order valence-corrected chi connectivity index (χ2v) is 10.1. The van der Waals surface area contributed by atoms with Gasteiger partial charge >= 0.3 is 18.2 Å². The molecule has 0 spiro atoms. The van der Waals surface area contributed by atoms with Crippen LogP contribution in [0.3, 0.4) is 0 Å². The van der Waals surface area contributed by atoms with Crippen molar-refractivity contribution in [3.8, 4) is 0 Å². The van der Waals surface area contributed by atoms with Gasteiger partial charge in [0, 0.05) is 12.1 Å². The second-order valence-electron chi connectivity index (χ2n) is 7.84. The van der Waals surface area contributed by atoms with Crippen molar-refractivity contribution in [3.63, 3.8) is 0 Å². The van der Waals surface area contributed by atoms with Gasteiger partial charge in [0.1, 0.15) is 0 Å². The van der Waals surface area contributed by atoms with E-state index in [1.165, 1.54) is 17.5 Å². The molecule has 0 bridgehead atoms. The van der Waals surface area contributed by atoms with E-state index in [0.717, 1.165) is 43.9 Å². The molecule has 168 valence electrons. The molecule has 3 rings (SSSR count). The molecule has 0 saturated heterocycles. The zero-order valence-corrected chi connectivity index (χ0v) is 18.1. The van der Waals surface area contributed by atoms with E-state index in [1.54, 1.807) is 4.90 Å². The van der Waals surface area contributed by atoms with E-state index in [-0.39, 0.29) is 36.7 Å². The molecule has 6 nitrogen and oxygen atoms in total. The number of nitrogens with zero attached hydrogens (tertiary/aromatic N) is 2. The minimum atomic E-state index is -4.17. The third-order valence-corrected chi connectivity index (χ3v) is 7.88. The van der Waals surface area contributed by atoms with Gasteiger partial charge in [-0.2, -0.15) is 13.2 Å². The van der Waals surface area contributed by atoms with Crippen LogP contribution in [0.5, 0.6) is 0 Å². The van der Waals surface area contributed by atoms with Crippen LogP contribution >= 0.6 is 23.1 Å². The molecule has 2 aliphatic rings. The van der Waals surface area contributed by atoms with E-state index in [4.69, 9.17) is 5.11 Å². The number of aromatic nitrogens is 1. The number of aliphatic carboxylic acids is 1. The summed E-state index contributed by atoms with van der Waals surface area (Å²) in [4.78, 5) is 29.7. The molecule has 0 aromatic carbocycles. The topological polar surface area (TPSA) is 82.5 Å². The summed E-state index contributed by atoms with van der Waals surface area (Å²) in [6.45, 7) is 0. The van der Waals surface area contributed by atoms with Crippen molar-refractivity contribution < 1.29 is 27.9 Å². The molecule has 2 amide bonds. The number of urea groups is 1. The minimum Gasteiger partial charge on any atom is -0.481 e. The zero-order valence-electron chi connectivity index (χ0n) is 16.5. The van der Waals surface area contributed by atoms with Gasteiger partial charge in [0.15, 0.2) is 5.13 Å². The first kappa shape index (κ1) is 23.2. The monoisotopic (exact) mass is 465 g/mol. The van der Waals surface area contributed by atoms with E-state index in [9.17, 15) is 22.8 Å². The zero-order chi connectivity index (χ0) is 21.7. The average Bonchev–Trinajstić information content (AvgIpc) is 3.14. The van der Waals surface area contributed by atoms with E-state index in [2.05, 4.69) is 10.3 Å². The largest absolute Gasteiger partial charge is 0.481 e. The average molecular weight is 466 g/mol. The van der Waals surface area contributed by atoms with Gasteiger partial charge in [-0.15, -0.1) is 11.8 Å². The first-order valence-corrected chi connectivity index (χ1v) is 12.0. The number of carboxylic acids is 1. The fourth-order valence-corrected chi connectivity index (χ4v) is 5.93. The van der Waals surface area contributed by atoms with Crippen molar-refractivity contribution in [1.29, 1.82) is 0 Å². The quantitative estimate of drug-likeness (QED) is 0.534. The lowest BCUT2D eigenvalue weighted by atomic mass is 9.83. The Balaban J connectivity index is 1.66. The van der Waals surface area contributed by atoms with Crippen molar-refractivity contribution in [2.24, 2.45) is 5.92 Å². The summed E-state index contributed by atoms with van der Waals surface area (Å²) in [5, 5.41) is 11.9. The van der Waals surface area contributed by atoms with Gasteiger partial charge in [-0.25, -0.2) is 9.78 Å². The van der Waals surface area contributed by atoms with Crippen LogP contribution in [0.4, 0.5) is 23.1 Å². The van der Waals surface area contributed by atoms with Crippen molar-refractivity contribution in [2.75, 3.05) is 11.1 Å². The van der Waals surface area contributed by atoms with Crippen LogP contribution in [-0.4, -0.2) is 51.0 Å². The predicted octanol–water partition coefficient (Wildman–Crippen LogP) is 5.61. The molecule has 2 fully saturated rings. The fraction of sp³-hybridized carbons (Fsp3) is 0.737. The first-order chi connectivity index (χ1) is 14.2. The number of anilines is 1. The summed E-state index contributed by atoms with van der Waals surface area (Å²) in [6, 6.07) is -0.485. The number of hydrogen-bond donors (Lipinski definition) is 2. The van der Waals surface area contributed by atoms with E-state index in [0.29, 0.717) is 22.2 Å². The maximum Gasteiger partial charge on any atom is 0.391 e. The Morgan fingerprint density at radius 3 is 2.37 bits per heavy atom. The first-order valence-electron chi connectivity index (χ1n) is 10.2. The molecule has 1 aromatic heterocycles. The number of hydrogen-bond acceptors (Lipinski definition) is 5. The van der Waals surface area contributed by atoms with Crippen molar-refractivity contribution >= 4 is 40.2 Å². The van der Waals surface area contributed by atoms with E-state index in [1.807, 2.05) is 0 Å². The third-order valence-electron chi connectivity index (χ3n) is 5.79. The van der Waals surface area contributed by atoms with Gasteiger partial charge in [-0.1, -0.05) is 30.6 Å². The minimum absolute atomic E-state index is 0.0343. The van der Waals surface area contributed by atoms with Gasteiger partial charge in [-0.3, -0.25) is 10.1 Å². The number of amides is 2. The fourth-order valence-electron chi connectivity index (χ4n) is 4.34. The van der Waals surface area contributed by atoms with Crippen molar-refractivity contribution in [1.82, 2.24) is 9.88 Å². The summed E-state index contributed by atoms with van der Waals surface area (Å²) < 4.78 is 39.8. The number of carbonyl (C=O) groups excluding carboxylic acids is 1. The molecule has 0 atom stereocenters. The maximum atomic E-state index is 13.1. The molecule has 2 aliphatic carbocycles. The van der Waals surface area contributed by atoms with Crippen LogP contribution in [0, 0.1) is 5.92 Å². The van der Waals surface area contributed by atoms with Crippen LogP contribution in [0.15, 0.2) is 10.4 Å². The van der Waals surface area contributed by atoms with Crippen LogP contribution < -0.4 is 5.32 Å². The van der Waals surface area contributed by atoms with Crippen LogP contribution in [0.1, 0.15) is 57.8 Å². The molecule has 30 heavy (non-hydrogen) atoms. The highest BCUT2D eigenvalue weighted by molar-refractivity contribution is 8.01. The Morgan fingerprint density at radius 2 is 1.77 bits per heavy atom. The number of halogens is 3. The predicted molar refractivity (Wildman–Crippen MR) is 110 cm³/mol. The van der Waals surface area contributed by atoms with Crippen LogP contribution in [0.25, 0.3) is 0 Å². The highest BCUT2D eigenvalue weighted by atomic mass is 32.2. The molecule has 1 heterocycles. The Bertz CT molecular complexity index is 730. The Kier molecular flexibility index (Phi) is 7.89. The summed E-state index contributed by atoms with van der Waals surface area (Å²) >= 11 is 2.33. The molecule has 0 aliphatic heterocycles. The Hall–Kier alpha value is -1.49. The standard InChI is InChI=1S/C19H26F3N3O3S2/c20-19(21,22)12-6-8-14(9-7-12)25(13-4-2-1-3-5-13)18(28)24-17-23-10-16(30-17)29-11-15(26)27/h10,12-14H,1-9,11H2,(H,26,27)(H,23,24,28). The van der Waals surface area contributed by atoms with E-state index < -0.39 is 18.1 Å². The summed E-state index contributed by atoms with van der Waals surface area (Å²) in [5.41, 5.74) is 0. The van der Waals surface area contributed by atoms with Crippen molar-refractivity contribution in [3.05, 3.63) is 6.20 Å². The van der Waals surface area contributed by atoms with Gasteiger partial charge in [0.2, 0.25) is 0 Å². The summed E-state index contributed by atoms with van der Waals surface area (Å²) in [6.07, 6.45) is 3.03. The maximum absolute atomic E-state index is 13.1. The van der Waals surface area contributed by atoms with E-state index >= 15 is 0 Å². The highest BCUT2D eigenvalue weighted by Crippen LogP contribution is 2.40. The SMILES string of the molecule is O=C(O)CSc1cnc(NC(=O)N(C2CCCCC2)C2CCC(C(F)(F)F)CC2)s1. The number of nitrogens with one attached hydrogen (secondary N) is 1. The number of alkyl halides is 3. The molecule has 11 heteroatoms. The lowest BCUT2D eigenvalue weighted by Crippen LogP contribution is -2.51. The smallest absolute Gasteiger partial charge is 0.391 e. The van der Waals surface area contributed by atoms with Crippen LogP contribution in [0.2, 0.25) is 0 Å². The molecule has 0 unspecified atom stereocenters. The van der Waals surface area contributed by atoms with Crippen LogP contribution in [-0.2, 0) is 4.79 Å². The van der Waals surface area contributed by atoms with Gasteiger partial charge < -0.3 is 10.0 Å². The number of thiazole rings is 1. The number of carbonyl (C=O) groups is 2. The molecule has 1 aromatic rings. The summed E-state index contributed by atoms with van der Waals surface area (Å²) in [7, 11) is 0. The Labute approximate surface area is 181 Å². The molecule has 2 saturated carbocycles. The third kappa shape index (κ3) is 6.26. The lowest BCUT2D eigenvalue weighted by molar-refractivity contribution is -0.184. The lowest BCUT2D eigenvalue weighted by Gasteiger charge is -2.42. The van der Waals surface area contributed by atoms with Crippen molar-refractivity contribution in [2.45, 2.75) is 80.3 Å². The van der Waals surface area contributed by atoms with Gasteiger partial charge in [0.25, 0.3) is 0 Å². The second kappa shape index (κ2) is 10.2. The summed E-state index contributed by atoms with van der Waals surface area (Å²) in [5.74, 6) is -2.30. The number of carboxylic acid groups (broad SMARTS) is 1. The van der Waals surface area contributed by atoms with Gasteiger partial charge in [0.05, 0.1) is 22.1 Å². The molecule has 0 radical (unpaired) electrons. The number of thioether (sulfide) groups is 1. The number of rotatable bonds is 6. The molecular formula is C19H26F3N3O3S2. The Morgan fingerprint density at radius 1 is 1.13 bits per heavy atom. The van der Waals surface area contributed by atoms with Gasteiger partial charge in [-0.05, 0) is 38.5 Å². The highest BCUT2D eigenvalue weighted by Gasteiger charge is 2.43. The molecular weight excluding hydrogens is 439 g/mol. The normalized spacial score (nSPS) is 23.2.